The molecule has 0 radical (unpaired) electrons. The van der Waals surface area contributed by atoms with E-state index in [0.717, 1.165) is 11.0 Å². The number of benzene rings is 1. The number of nitrogens with zero attached hydrogens (tertiary/aromatic N) is 2. The number of esters is 1. The van der Waals surface area contributed by atoms with Crippen LogP contribution in [0.1, 0.15) is 13.8 Å². The van der Waals surface area contributed by atoms with Gasteiger partial charge < -0.3 is 9.30 Å². The van der Waals surface area contributed by atoms with Gasteiger partial charge in [0, 0.05) is 6.54 Å². The van der Waals surface area contributed by atoms with Gasteiger partial charge in [0.1, 0.15) is 6.54 Å². The molecule has 1 N–H and O–H groups in total. The zero-order chi connectivity index (χ0) is 13.1. The fourth-order valence-corrected chi connectivity index (χ4v) is 2.11. The monoisotopic (exact) mass is 247 g/mol. The van der Waals surface area contributed by atoms with Crippen molar-refractivity contribution in [3.63, 3.8) is 0 Å². The molecule has 5 nitrogen and oxygen atoms in total. The molecule has 0 amide bonds. The van der Waals surface area contributed by atoms with Crippen LogP contribution in [0, 0.1) is 5.41 Å². The van der Waals surface area contributed by atoms with E-state index in [4.69, 9.17) is 10.1 Å². The summed E-state index contributed by atoms with van der Waals surface area (Å²) in [6, 6.07) is 7.71. The second-order valence-electron chi connectivity index (χ2n) is 3.95. The zero-order valence-corrected chi connectivity index (χ0v) is 10.6. The summed E-state index contributed by atoms with van der Waals surface area (Å²) in [5.74, 6) is -0.310. The fourth-order valence-electron chi connectivity index (χ4n) is 2.11. The number of aromatic nitrogens is 2. The number of carbonyl (C=O) groups is 1. The Kier molecular flexibility index (Phi) is 3.50. The maximum Gasteiger partial charge on any atom is 0.326 e. The van der Waals surface area contributed by atoms with E-state index < -0.39 is 0 Å². The van der Waals surface area contributed by atoms with Crippen LogP contribution in [0.5, 0.6) is 0 Å². The number of hydrogen-bond acceptors (Lipinski definition) is 3. The molecule has 0 unspecified atom stereocenters. The van der Waals surface area contributed by atoms with Gasteiger partial charge in [-0.1, -0.05) is 12.1 Å². The topological polar surface area (TPSA) is 60.0 Å². The van der Waals surface area contributed by atoms with Gasteiger partial charge in [-0.25, -0.2) is 0 Å². The van der Waals surface area contributed by atoms with Crippen molar-refractivity contribution in [2.45, 2.75) is 26.9 Å². The van der Waals surface area contributed by atoms with Gasteiger partial charge in [0.2, 0.25) is 5.62 Å². The summed E-state index contributed by atoms with van der Waals surface area (Å²) in [6.45, 7) is 4.91. The molecule has 0 atom stereocenters. The molecular formula is C13H17N3O2. The maximum atomic E-state index is 11.6. The predicted octanol–water partition coefficient (Wildman–Crippen LogP) is 1.51. The molecule has 0 aliphatic rings. The third kappa shape index (κ3) is 2.03. The van der Waals surface area contributed by atoms with Gasteiger partial charge in [-0.3, -0.25) is 14.8 Å². The van der Waals surface area contributed by atoms with Crippen LogP contribution in [0.4, 0.5) is 0 Å². The molecule has 96 valence electrons. The third-order valence-corrected chi connectivity index (χ3v) is 2.88. The van der Waals surface area contributed by atoms with Gasteiger partial charge in [0.05, 0.1) is 17.6 Å². The number of carbonyl (C=O) groups excluding carboxylic acids is 1. The largest absolute Gasteiger partial charge is 0.465 e. The van der Waals surface area contributed by atoms with Crippen LogP contribution in [0.15, 0.2) is 24.3 Å². The molecule has 0 saturated heterocycles. The molecule has 2 rings (SSSR count). The van der Waals surface area contributed by atoms with Crippen molar-refractivity contribution in [3.05, 3.63) is 29.9 Å². The number of nitrogens with one attached hydrogen (secondary N) is 1. The average molecular weight is 247 g/mol. The summed E-state index contributed by atoms with van der Waals surface area (Å²) in [4.78, 5) is 11.6. The van der Waals surface area contributed by atoms with Gasteiger partial charge in [-0.05, 0) is 26.0 Å². The molecule has 1 heterocycles. The molecule has 5 heteroatoms. The van der Waals surface area contributed by atoms with Crippen LogP contribution in [0.3, 0.4) is 0 Å². The normalized spacial score (nSPS) is 10.8. The first-order valence-electron chi connectivity index (χ1n) is 6.07. The Bertz CT molecular complexity index is 625. The molecule has 0 aliphatic heterocycles. The van der Waals surface area contributed by atoms with Crippen molar-refractivity contribution in [3.8, 4) is 0 Å². The Hall–Kier alpha value is -2.04. The molecule has 1 aromatic carbocycles. The van der Waals surface area contributed by atoms with Crippen LogP contribution in [-0.4, -0.2) is 21.7 Å². The van der Waals surface area contributed by atoms with Gasteiger partial charge in [0.25, 0.3) is 0 Å². The van der Waals surface area contributed by atoms with E-state index in [2.05, 4.69) is 0 Å². The fraction of sp³-hybridized carbons (Fsp3) is 0.385. The van der Waals surface area contributed by atoms with Gasteiger partial charge in [-0.15, -0.1) is 0 Å². The number of hydrogen-bond donors (Lipinski definition) is 1. The van der Waals surface area contributed by atoms with E-state index in [1.807, 2.05) is 35.8 Å². The Labute approximate surface area is 105 Å². The van der Waals surface area contributed by atoms with Crippen molar-refractivity contribution in [2.75, 3.05) is 6.61 Å². The quantitative estimate of drug-likeness (QED) is 0.832. The highest BCUT2D eigenvalue weighted by molar-refractivity contribution is 5.78. The minimum atomic E-state index is -0.310. The maximum absolute atomic E-state index is 11.6. The Morgan fingerprint density at radius 1 is 1.22 bits per heavy atom. The molecule has 0 saturated carbocycles. The zero-order valence-electron chi connectivity index (χ0n) is 10.6. The van der Waals surface area contributed by atoms with Crippen LogP contribution in [-0.2, 0) is 22.6 Å². The molecule has 0 bridgehead atoms. The van der Waals surface area contributed by atoms with E-state index in [-0.39, 0.29) is 12.5 Å². The number of rotatable bonds is 4. The first kappa shape index (κ1) is 12.4. The van der Waals surface area contributed by atoms with Crippen LogP contribution in [0.25, 0.3) is 11.0 Å². The second-order valence-corrected chi connectivity index (χ2v) is 3.95. The highest BCUT2D eigenvalue weighted by Gasteiger charge is 2.12. The summed E-state index contributed by atoms with van der Waals surface area (Å²) < 4.78 is 8.49. The van der Waals surface area contributed by atoms with E-state index in [1.165, 1.54) is 0 Å². The summed E-state index contributed by atoms with van der Waals surface area (Å²) >= 11 is 0. The summed E-state index contributed by atoms with van der Waals surface area (Å²) in [5, 5.41) is 8.12. The molecule has 1 aromatic heterocycles. The molecule has 0 aliphatic carbocycles. The Morgan fingerprint density at radius 2 is 1.83 bits per heavy atom. The average Bonchev–Trinajstić information content (AvgIpc) is 2.63. The molecular weight excluding hydrogens is 230 g/mol. The van der Waals surface area contributed by atoms with Crippen molar-refractivity contribution >= 4 is 17.0 Å². The van der Waals surface area contributed by atoms with E-state index >= 15 is 0 Å². The first-order valence-corrected chi connectivity index (χ1v) is 6.07. The van der Waals surface area contributed by atoms with E-state index in [0.29, 0.717) is 18.8 Å². The Balaban J connectivity index is 2.53. The van der Waals surface area contributed by atoms with Crippen LogP contribution >= 0.6 is 0 Å². The number of imidazole rings is 1. The summed E-state index contributed by atoms with van der Waals surface area (Å²) in [7, 11) is 0. The third-order valence-electron chi connectivity index (χ3n) is 2.88. The molecule has 2 aromatic rings. The molecule has 0 fully saturated rings. The highest BCUT2D eigenvalue weighted by Crippen LogP contribution is 2.12. The number of aryl methyl sites for hydroxylation is 1. The molecule has 18 heavy (non-hydrogen) atoms. The second kappa shape index (κ2) is 5.08. The number of ether oxygens (including phenoxy) is 1. The smallest absolute Gasteiger partial charge is 0.326 e. The lowest BCUT2D eigenvalue weighted by Gasteiger charge is -2.03. The minimum absolute atomic E-state index is 0.0835. The van der Waals surface area contributed by atoms with Crippen LogP contribution in [0.2, 0.25) is 0 Å². The van der Waals surface area contributed by atoms with Crippen LogP contribution < -0.4 is 5.62 Å². The Morgan fingerprint density at radius 3 is 2.39 bits per heavy atom. The van der Waals surface area contributed by atoms with Gasteiger partial charge in [-0.2, -0.15) is 0 Å². The molecule has 0 spiro atoms. The van der Waals surface area contributed by atoms with Gasteiger partial charge in [0.15, 0.2) is 0 Å². The lowest BCUT2D eigenvalue weighted by atomic mass is 10.3. The first-order chi connectivity index (χ1) is 8.69. The minimum Gasteiger partial charge on any atom is -0.465 e. The number of fused-ring (bicyclic) bond motifs is 1. The van der Waals surface area contributed by atoms with Crippen molar-refractivity contribution < 1.29 is 9.53 Å². The number of para-hydroxylation sites is 2. The van der Waals surface area contributed by atoms with Crippen molar-refractivity contribution in [2.24, 2.45) is 0 Å². The highest BCUT2D eigenvalue weighted by atomic mass is 16.5. The SMILES string of the molecule is CCOC(=O)Cn1c(=N)n(CC)c2ccccc21. The van der Waals surface area contributed by atoms with E-state index in [9.17, 15) is 4.79 Å². The van der Waals surface area contributed by atoms with Gasteiger partial charge >= 0.3 is 5.97 Å². The lowest BCUT2D eigenvalue weighted by Crippen LogP contribution is -2.27. The summed E-state index contributed by atoms with van der Waals surface area (Å²) in [5.41, 5.74) is 2.18. The van der Waals surface area contributed by atoms with E-state index in [1.54, 1.807) is 11.5 Å². The standard InChI is InChI=1S/C13H17N3O2/c1-3-15-10-7-5-6-8-11(10)16(13(15)14)9-12(17)18-4-2/h5-8,14H,3-4,9H2,1-2H3. The van der Waals surface area contributed by atoms with Crippen molar-refractivity contribution in [1.29, 1.82) is 5.41 Å². The predicted molar refractivity (Wildman–Crippen MR) is 68.1 cm³/mol. The lowest BCUT2D eigenvalue weighted by molar-refractivity contribution is -0.143. The summed E-state index contributed by atoms with van der Waals surface area (Å²) in [6.07, 6.45) is 0. The van der Waals surface area contributed by atoms with Crippen molar-refractivity contribution in [1.82, 2.24) is 9.13 Å².